The lowest BCUT2D eigenvalue weighted by Crippen LogP contribution is -3.00. The summed E-state index contributed by atoms with van der Waals surface area (Å²) in [5, 5.41) is 0.567. The van der Waals surface area contributed by atoms with Crippen molar-refractivity contribution in [2.24, 2.45) is 0 Å². The summed E-state index contributed by atoms with van der Waals surface area (Å²) in [5.41, 5.74) is 2.04. The first-order valence-electron chi connectivity index (χ1n) is 10.5. The summed E-state index contributed by atoms with van der Waals surface area (Å²) in [6, 6.07) is 24.3. The van der Waals surface area contributed by atoms with Gasteiger partial charge in [-0.1, -0.05) is 48.0 Å². The molecule has 4 rings (SSSR count). The number of halogens is 4. The fraction of sp³-hybridized carbons (Fsp3) is 0.148. The van der Waals surface area contributed by atoms with Crippen molar-refractivity contribution in [3.8, 4) is 11.5 Å². The predicted octanol–water partition coefficient (Wildman–Crippen LogP) is 4.31. The number of ether oxygens (including phenoxy) is 1. The number of hydrogen-bond donors (Lipinski definition) is 0. The van der Waals surface area contributed by atoms with Gasteiger partial charge in [-0.25, -0.2) is 13.3 Å². The SMILES string of the molecule is Fc1ccc(C(CCC[n+]2ccc(Oc3ccccc3Cl)cc2)c2ccc(F)cc2)cc1.[I-]. The minimum Gasteiger partial charge on any atom is -1.00 e. The molecule has 1 heterocycles. The molecule has 0 amide bonds. The molecule has 2 nitrogen and oxygen atoms in total. The van der Waals surface area contributed by atoms with Gasteiger partial charge in [-0.05, 0) is 53.9 Å². The zero-order chi connectivity index (χ0) is 22.3. The summed E-state index contributed by atoms with van der Waals surface area (Å²) in [7, 11) is 0. The van der Waals surface area contributed by atoms with Crippen molar-refractivity contribution in [2.45, 2.75) is 25.3 Å². The highest BCUT2D eigenvalue weighted by Gasteiger charge is 2.16. The van der Waals surface area contributed by atoms with Crippen LogP contribution in [-0.4, -0.2) is 0 Å². The number of hydrogen-bond acceptors (Lipinski definition) is 1. The van der Waals surface area contributed by atoms with Gasteiger partial charge in [0.2, 0.25) is 0 Å². The summed E-state index contributed by atoms with van der Waals surface area (Å²) in [6.45, 7) is 0.811. The van der Waals surface area contributed by atoms with Gasteiger partial charge in [0.15, 0.2) is 12.4 Å². The lowest BCUT2D eigenvalue weighted by Gasteiger charge is -2.17. The highest BCUT2D eigenvalue weighted by Crippen LogP contribution is 2.30. The second kappa shape index (κ2) is 12.1. The molecular weight excluding hydrogens is 555 g/mol. The van der Waals surface area contributed by atoms with Gasteiger partial charge in [-0.3, -0.25) is 0 Å². The van der Waals surface area contributed by atoms with Crippen LogP contribution in [0.15, 0.2) is 97.3 Å². The lowest BCUT2D eigenvalue weighted by molar-refractivity contribution is -0.697. The number of para-hydroxylation sites is 1. The topological polar surface area (TPSA) is 13.1 Å². The summed E-state index contributed by atoms with van der Waals surface area (Å²) < 4.78 is 34.7. The van der Waals surface area contributed by atoms with Crippen LogP contribution >= 0.6 is 11.6 Å². The Labute approximate surface area is 214 Å². The minimum atomic E-state index is -0.263. The van der Waals surface area contributed by atoms with Crippen LogP contribution in [0.4, 0.5) is 8.78 Å². The Kier molecular flexibility index (Phi) is 9.21. The molecule has 0 atom stereocenters. The van der Waals surface area contributed by atoms with Crippen LogP contribution in [0.3, 0.4) is 0 Å². The Morgan fingerprint density at radius 3 is 1.85 bits per heavy atom. The number of aromatic nitrogens is 1. The van der Waals surface area contributed by atoms with E-state index in [9.17, 15) is 8.78 Å². The lowest BCUT2D eigenvalue weighted by atomic mass is 9.87. The third-order valence-electron chi connectivity index (χ3n) is 5.38. The van der Waals surface area contributed by atoms with E-state index >= 15 is 0 Å². The van der Waals surface area contributed by atoms with Crippen LogP contribution in [0.1, 0.15) is 29.9 Å². The molecule has 0 saturated carbocycles. The van der Waals surface area contributed by atoms with E-state index in [1.807, 2.05) is 42.7 Å². The Bertz CT molecular complexity index is 1110. The monoisotopic (exact) mass is 577 g/mol. The average molecular weight is 578 g/mol. The molecule has 33 heavy (non-hydrogen) atoms. The normalized spacial score (nSPS) is 10.7. The summed E-state index contributed by atoms with van der Waals surface area (Å²) in [6.07, 6.45) is 5.69. The van der Waals surface area contributed by atoms with Crippen molar-refractivity contribution in [1.29, 1.82) is 0 Å². The molecule has 0 aliphatic carbocycles. The molecule has 1 aromatic heterocycles. The third kappa shape index (κ3) is 6.98. The number of pyridine rings is 1. The number of aryl methyl sites for hydroxylation is 1. The quantitative estimate of drug-likeness (QED) is 0.225. The smallest absolute Gasteiger partial charge is 0.172 e. The first kappa shape index (κ1) is 25.1. The molecule has 0 spiro atoms. The first-order valence-corrected chi connectivity index (χ1v) is 10.9. The van der Waals surface area contributed by atoms with Gasteiger partial charge < -0.3 is 28.7 Å². The molecule has 0 radical (unpaired) electrons. The van der Waals surface area contributed by atoms with Crippen molar-refractivity contribution in [1.82, 2.24) is 0 Å². The van der Waals surface area contributed by atoms with Crippen molar-refractivity contribution >= 4 is 11.6 Å². The zero-order valence-electron chi connectivity index (χ0n) is 17.8. The Balaban J connectivity index is 0.00000306. The summed E-state index contributed by atoms with van der Waals surface area (Å²) >= 11 is 6.15. The molecule has 0 unspecified atom stereocenters. The molecule has 6 heteroatoms. The molecule has 0 N–H and O–H groups in total. The zero-order valence-corrected chi connectivity index (χ0v) is 20.7. The Morgan fingerprint density at radius 2 is 1.30 bits per heavy atom. The van der Waals surface area contributed by atoms with E-state index in [4.69, 9.17) is 16.3 Å². The van der Waals surface area contributed by atoms with Crippen LogP contribution in [0.5, 0.6) is 11.5 Å². The van der Waals surface area contributed by atoms with Gasteiger partial charge in [0.05, 0.1) is 5.02 Å². The maximum Gasteiger partial charge on any atom is 0.172 e. The largest absolute Gasteiger partial charge is 1.00 e. The van der Waals surface area contributed by atoms with Gasteiger partial charge in [-0.2, -0.15) is 0 Å². The van der Waals surface area contributed by atoms with Crippen molar-refractivity contribution < 1.29 is 42.1 Å². The molecule has 170 valence electrons. The maximum absolute atomic E-state index is 13.4. The second-order valence-corrected chi connectivity index (χ2v) is 8.01. The summed E-state index contributed by atoms with van der Waals surface area (Å²) in [5.74, 6) is 0.875. The van der Waals surface area contributed by atoms with E-state index < -0.39 is 0 Å². The van der Waals surface area contributed by atoms with Crippen LogP contribution < -0.4 is 33.3 Å². The third-order valence-corrected chi connectivity index (χ3v) is 5.69. The van der Waals surface area contributed by atoms with Crippen molar-refractivity contribution in [3.63, 3.8) is 0 Å². The van der Waals surface area contributed by atoms with Crippen LogP contribution in [-0.2, 0) is 6.54 Å². The second-order valence-electron chi connectivity index (χ2n) is 7.60. The van der Waals surface area contributed by atoms with E-state index in [0.717, 1.165) is 30.5 Å². The van der Waals surface area contributed by atoms with Crippen LogP contribution in [0.2, 0.25) is 5.02 Å². The fourth-order valence-corrected chi connectivity index (χ4v) is 3.88. The molecule has 0 saturated heterocycles. The molecule has 0 fully saturated rings. The maximum atomic E-state index is 13.4. The fourth-order valence-electron chi connectivity index (χ4n) is 3.71. The van der Waals surface area contributed by atoms with Gasteiger partial charge in [0.25, 0.3) is 0 Å². The van der Waals surface area contributed by atoms with E-state index in [2.05, 4.69) is 4.57 Å². The summed E-state index contributed by atoms with van der Waals surface area (Å²) in [4.78, 5) is 0. The predicted molar refractivity (Wildman–Crippen MR) is 122 cm³/mol. The van der Waals surface area contributed by atoms with Crippen LogP contribution in [0, 0.1) is 11.6 Å². The average Bonchev–Trinajstić information content (AvgIpc) is 2.81. The van der Waals surface area contributed by atoms with E-state index in [1.54, 1.807) is 30.3 Å². The van der Waals surface area contributed by atoms with E-state index in [0.29, 0.717) is 16.5 Å². The number of nitrogens with zero attached hydrogens (tertiary/aromatic N) is 1. The highest BCUT2D eigenvalue weighted by molar-refractivity contribution is 6.32. The van der Waals surface area contributed by atoms with Gasteiger partial charge in [0.1, 0.15) is 29.7 Å². The molecule has 0 aliphatic rings. The van der Waals surface area contributed by atoms with Crippen molar-refractivity contribution in [2.75, 3.05) is 0 Å². The molecule has 3 aromatic carbocycles. The van der Waals surface area contributed by atoms with Crippen LogP contribution in [0.25, 0.3) is 0 Å². The minimum absolute atomic E-state index is 0. The Morgan fingerprint density at radius 1 is 0.758 bits per heavy atom. The molecular formula is C27H23ClF2INO. The molecule has 0 aliphatic heterocycles. The van der Waals surface area contributed by atoms with Gasteiger partial charge >= 0.3 is 0 Å². The van der Waals surface area contributed by atoms with Crippen molar-refractivity contribution in [3.05, 3.63) is 125 Å². The van der Waals surface area contributed by atoms with Gasteiger partial charge in [0, 0.05) is 24.5 Å². The molecule has 4 aromatic rings. The first-order chi connectivity index (χ1) is 15.6. The standard InChI is InChI=1S/C27H23ClF2NO.HI/c28-26-5-1-2-6-27(26)32-24-15-18-31(19-16-24)17-3-4-25(20-7-11-22(29)12-8-20)21-9-13-23(30)14-10-21;/h1-2,5-16,18-19,25H,3-4,17H2;1H/q+1;/p-1. The van der Waals surface area contributed by atoms with E-state index in [1.165, 1.54) is 24.3 Å². The van der Waals surface area contributed by atoms with E-state index in [-0.39, 0.29) is 41.5 Å². The molecule has 0 bridgehead atoms. The highest BCUT2D eigenvalue weighted by atomic mass is 127. The Hall–Kier alpha value is -2.51. The number of rotatable bonds is 8. The number of benzene rings is 3. The van der Waals surface area contributed by atoms with Gasteiger partial charge in [-0.15, -0.1) is 0 Å².